The Morgan fingerprint density at radius 3 is 1.58 bits per heavy atom. The van der Waals surface area contributed by atoms with Crippen LogP contribution in [-0.4, -0.2) is 36.1 Å². The number of rotatable bonds is 0. The standard InChI is InChI=1S/C6F10O3/c7-2(4(9,10)11)1(17)18-3(8,5(12,13)14)6(15,16)19-2. The fraction of sp³-hybridized carbons (Fsp3) is 0.833. The zero-order valence-corrected chi connectivity index (χ0v) is 8.00. The molecule has 0 spiro atoms. The molecule has 2 atom stereocenters. The first-order valence-corrected chi connectivity index (χ1v) is 3.91. The normalized spacial score (nSPS) is 36.0. The van der Waals surface area contributed by atoms with E-state index >= 15 is 0 Å². The number of esters is 1. The van der Waals surface area contributed by atoms with Gasteiger partial charge in [0, 0.05) is 0 Å². The minimum atomic E-state index is -6.65. The summed E-state index contributed by atoms with van der Waals surface area (Å²) < 4.78 is 127. The molecule has 2 unspecified atom stereocenters. The molecule has 3 nitrogen and oxygen atoms in total. The van der Waals surface area contributed by atoms with Crippen LogP contribution in [0, 0.1) is 0 Å². The molecule has 0 aromatic carbocycles. The van der Waals surface area contributed by atoms with E-state index in [1.807, 2.05) is 0 Å². The van der Waals surface area contributed by atoms with Crippen molar-refractivity contribution in [1.29, 1.82) is 0 Å². The van der Waals surface area contributed by atoms with Gasteiger partial charge >= 0.3 is 36.1 Å². The Morgan fingerprint density at radius 1 is 0.842 bits per heavy atom. The van der Waals surface area contributed by atoms with Gasteiger partial charge in [-0.1, -0.05) is 0 Å². The van der Waals surface area contributed by atoms with E-state index in [2.05, 4.69) is 9.47 Å². The molecule has 1 aliphatic heterocycles. The van der Waals surface area contributed by atoms with Crippen molar-refractivity contribution in [2.75, 3.05) is 0 Å². The highest BCUT2D eigenvalue weighted by Crippen LogP contribution is 2.55. The summed E-state index contributed by atoms with van der Waals surface area (Å²) in [5.74, 6) is -15.8. The fourth-order valence-corrected chi connectivity index (χ4v) is 0.933. The van der Waals surface area contributed by atoms with Crippen LogP contribution in [-0.2, 0) is 14.3 Å². The van der Waals surface area contributed by atoms with Crippen molar-refractivity contribution < 1.29 is 58.2 Å². The minimum Gasteiger partial charge on any atom is -0.408 e. The maximum Gasteiger partial charge on any atom is 0.470 e. The molecule has 0 aromatic rings. The fourth-order valence-electron chi connectivity index (χ4n) is 0.933. The number of carbonyl (C=O) groups is 1. The maximum atomic E-state index is 12.9. The van der Waals surface area contributed by atoms with Crippen molar-refractivity contribution in [3.8, 4) is 0 Å². The summed E-state index contributed by atoms with van der Waals surface area (Å²) in [6.07, 6.45) is -19.6. The number of ether oxygens (including phenoxy) is 2. The minimum absolute atomic E-state index is 2.09. The van der Waals surface area contributed by atoms with Crippen LogP contribution in [0.1, 0.15) is 0 Å². The zero-order valence-electron chi connectivity index (χ0n) is 8.00. The smallest absolute Gasteiger partial charge is 0.408 e. The molecule has 0 saturated carbocycles. The van der Waals surface area contributed by atoms with Crippen LogP contribution in [0.3, 0.4) is 0 Å². The molecule has 1 saturated heterocycles. The molecule has 0 N–H and O–H groups in total. The molecule has 1 aliphatic rings. The lowest BCUT2D eigenvalue weighted by Crippen LogP contribution is -2.71. The lowest BCUT2D eigenvalue weighted by Gasteiger charge is -2.41. The summed E-state index contributed by atoms with van der Waals surface area (Å²) in [6.45, 7) is 0. The average Bonchev–Trinajstić information content (AvgIpc) is 2.10. The van der Waals surface area contributed by atoms with Crippen molar-refractivity contribution in [2.45, 2.75) is 30.2 Å². The molecule has 13 heteroatoms. The molecule has 0 aromatic heterocycles. The third kappa shape index (κ3) is 1.99. The van der Waals surface area contributed by atoms with E-state index in [4.69, 9.17) is 0 Å². The zero-order chi connectivity index (χ0) is 15.5. The molecule has 1 fully saturated rings. The number of alkyl halides is 10. The maximum absolute atomic E-state index is 12.9. The van der Waals surface area contributed by atoms with E-state index < -0.39 is 36.1 Å². The Balaban J connectivity index is 3.32. The molecular weight excluding hydrogens is 310 g/mol. The van der Waals surface area contributed by atoms with Gasteiger partial charge in [0.1, 0.15) is 0 Å². The predicted molar refractivity (Wildman–Crippen MR) is 31.9 cm³/mol. The first kappa shape index (κ1) is 15.8. The van der Waals surface area contributed by atoms with E-state index in [9.17, 15) is 48.7 Å². The second-order valence-corrected chi connectivity index (χ2v) is 3.19. The van der Waals surface area contributed by atoms with Crippen molar-refractivity contribution >= 4 is 5.97 Å². The number of cyclic esters (lactones) is 1. The number of hydrogen-bond donors (Lipinski definition) is 0. The van der Waals surface area contributed by atoms with Gasteiger partial charge in [-0.15, -0.1) is 0 Å². The topological polar surface area (TPSA) is 35.5 Å². The second kappa shape index (κ2) is 3.64. The van der Waals surface area contributed by atoms with Gasteiger partial charge in [0.05, 0.1) is 0 Å². The first-order chi connectivity index (χ1) is 8.08. The monoisotopic (exact) mass is 310 g/mol. The summed E-state index contributed by atoms with van der Waals surface area (Å²) in [6, 6.07) is 0. The van der Waals surface area contributed by atoms with Crippen LogP contribution < -0.4 is 0 Å². The SMILES string of the molecule is O=C1OC(F)(C(F)(F)F)C(F)(F)OC1(F)C(F)(F)F. The quantitative estimate of drug-likeness (QED) is 0.510. The summed E-state index contributed by atoms with van der Waals surface area (Å²) in [5.41, 5.74) is 0. The van der Waals surface area contributed by atoms with Crippen molar-refractivity contribution in [2.24, 2.45) is 0 Å². The third-order valence-electron chi connectivity index (χ3n) is 1.87. The second-order valence-electron chi connectivity index (χ2n) is 3.19. The molecule has 19 heavy (non-hydrogen) atoms. The predicted octanol–water partition coefficient (Wildman–Crippen LogP) is 2.61. The lowest BCUT2D eigenvalue weighted by molar-refractivity contribution is -0.516. The van der Waals surface area contributed by atoms with Crippen molar-refractivity contribution in [1.82, 2.24) is 0 Å². The van der Waals surface area contributed by atoms with Gasteiger partial charge in [0.25, 0.3) is 0 Å². The van der Waals surface area contributed by atoms with Crippen LogP contribution in [0.25, 0.3) is 0 Å². The van der Waals surface area contributed by atoms with Crippen LogP contribution in [0.5, 0.6) is 0 Å². The van der Waals surface area contributed by atoms with Crippen LogP contribution in [0.4, 0.5) is 43.9 Å². The summed E-state index contributed by atoms with van der Waals surface area (Å²) in [5, 5.41) is 0. The van der Waals surface area contributed by atoms with Crippen molar-refractivity contribution in [3.05, 3.63) is 0 Å². The Bertz CT molecular complexity index is 399. The highest BCUT2D eigenvalue weighted by molar-refractivity contribution is 5.80. The van der Waals surface area contributed by atoms with Gasteiger partial charge in [-0.25, -0.2) is 4.79 Å². The number of carbonyl (C=O) groups excluding carboxylic acids is 1. The Labute approximate surface area is 95.6 Å². The molecule has 0 aliphatic carbocycles. The van der Waals surface area contributed by atoms with Gasteiger partial charge in [0.15, 0.2) is 0 Å². The molecular formula is C6F10O3. The average molecular weight is 310 g/mol. The molecule has 0 bridgehead atoms. The van der Waals surface area contributed by atoms with E-state index in [1.165, 1.54) is 0 Å². The van der Waals surface area contributed by atoms with Crippen LogP contribution in [0.15, 0.2) is 0 Å². The van der Waals surface area contributed by atoms with Crippen LogP contribution in [0.2, 0.25) is 0 Å². The van der Waals surface area contributed by atoms with E-state index in [0.29, 0.717) is 0 Å². The van der Waals surface area contributed by atoms with E-state index in [1.54, 1.807) is 0 Å². The van der Waals surface area contributed by atoms with Gasteiger partial charge in [-0.2, -0.15) is 43.9 Å². The summed E-state index contributed by atoms with van der Waals surface area (Å²) >= 11 is 0. The first-order valence-electron chi connectivity index (χ1n) is 3.91. The Morgan fingerprint density at radius 2 is 1.26 bits per heavy atom. The van der Waals surface area contributed by atoms with E-state index in [-0.39, 0.29) is 0 Å². The van der Waals surface area contributed by atoms with E-state index in [0.717, 1.165) is 0 Å². The van der Waals surface area contributed by atoms with Gasteiger partial charge in [0.2, 0.25) is 0 Å². The molecule has 1 rings (SSSR count). The van der Waals surface area contributed by atoms with Gasteiger partial charge < -0.3 is 4.74 Å². The molecule has 0 amide bonds. The summed E-state index contributed by atoms with van der Waals surface area (Å²) in [4.78, 5) is 10.4. The lowest BCUT2D eigenvalue weighted by atomic mass is 10.2. The molecule has 1 heterocycles. The van der Waals surface area contributed by atoms with Gasteiger partial charge in [-0.05, 0) is 0 Å². The van der Waals surface area contributed by atoms with Crippen LogP contribution >= 0.6 is 0 Å². The number of halogens is 10. The highest BCUT2D eigenvalue weighted by Gasteiger charge is 2.86. The Hall–Kier alpha value is -1.27. The third-order valence-corrected chi connectivity index (χ3v) is 1.87. The van der Waals surface area contributed by atoms with Crippen molar-refractivity contribution in [3.63, 3.8) is 0 Å². The number of hydrogen-bond acceptors (Lipinski definition) is 3. The largest absolute Gasteiger partial charge is 0.470 e. The van der Waals surface area contributed by atoms with Gasteiger partial charge in [-0.3, -0.25) is 4.74 Å². The summed E-state index contributed by atoms with van der Waals surface area (Å²) in [7, 11) is 0. The molecule has 112 valence electrons. The highest BCUT2D eigenvalue weighted by atomic mass is 19.4. The Kier molecular flexibility index (Phi) is 3.02. The molecule has 0 radical (unpaired) electrons.